The molecule has 5 N–H and O–H groups in total. The van der Waals surface area contributed by atoms with Gasteiger partial charge in [-0.3, -0.25) is 15.6 Å². The molecule has 0 spiro atoms. The van der Waals surface area contributed by atoms with E-state index in [9.17, 15) is 4.57 Å². The van der Waals surface area contributed by atoms with Crippen LogP contribution in [0.25, 0.3) is 0 Å². The Kier molecular flexibility index (Phi) is 3.67. The summed E-state index contributed by atoms with van der Waals surface area (Å²) in [7, 11) is -3.26. The fourth-order valence-electron chi connectivity index (χ4n) is 1.42. The standard InChI is InChI=1S/C12H14N3O2P/c13-18(14,16)15-10-6-8-12(9-7-10)17-11-4-2-1-3-5-11/h1-9H,(H5,13,14,15,16). The predicted molar refractivity (Wildman–Crippen MR) is 72.6 cm³/mol. The van der Waals surface area contributed by atoms with Crippen molar-refractivity contribution in [3.63, 3.8) is 0 Å². The van der Waals surface area contributed by atoms with Crippen molar-refractivity contribution >= 4 is 13.3 Å². The predicted octanol–water partition coefficient (Wildman–Crippen LogP) is 2.92. The highest BCUT2D eigenvalue weighted by molar-refractivity contribution is 7.60. The second-order valence-corrected chi connectivity index (χ2v) is 5.40. The van der Waals surface area contributed by atoms with E-state index in [2.05, 4.69) is 5.09 Å². The van der Waals surface area contributed by atoms with Gasteiger partial charge in [-0.25, -0.2) is 0 Å². The first-order valence-electron chi connectivity index (χ1n) is 5.31. The van der Waals surface area contributed by atoms with Crippen molar-refractivity contribution in [1.82, 2.24) is 0 Å². The van der Waals surface area contributed by atoms with E-state index in [0.717, 1.165) is 5.75 Å². The monoisotopic (exact) mass is 263 g/mol. The largest absolute Gasteiger partial charge is 0.457 e. The van der Waals surface area contributed by atoms with Gasteiger partial charge in [0, 0.05) is 5.69 Å². The average Bonchev–Trinajstić information content (AvgIpc) is 2.31. The van der Waals surface area contributed by atoms with Gasteiger partial charge in [0.2, 0.25) is 0 Å². The van der Waals surface area contributed by atoms with Crippen LogP contribution in [0, 0.1) is 0 Å². The fraction of sp³-hybridized carbons (Fsp3) is 0. The van der Waals surface area contributed by atoms with Crippen LogP contribution in [-0.2, 0) is 4.57 Å². The Labute approximate surface area is 105 Å². The summed E-state index contributed by atoms with van der Waals surface area (Å²) in [6.45, 7) is 0. The van der Waals surface area contributed by atoms with Gasteiger partial charge in [-0.2, -0.15) is 0 Å². The maximum Gasteiger partial charge on any atom is 0.298 e. The van der Waals surface area contributed by atoms with Crippen LogP contribution < -0.4 is 20.8 Å². The summed E-state index contributed by atoms with van der Waals surface area (Å²) in [4.78, 5) is 0. The van der Waals surface area contributed by atoms with Crippen molar-refractivity contribution in [2.24, 2.45) is 11.0 Å². The summed E-state index contributed by atoms with van der Waals surface area (Å²) in [5.41, 5.74) is 11.0. The van der Waals surface area contributed by atoms with Gasteiger partial charge in [0.25, 0.3) is 7.59 Å². The van der Waals surface area contributed by atoms with Crippen molar-refractivity contribution in [3.05, 3.63) is 54.6 Å². The number of para-hydroxylation sites is 1. The maximum absolute atomic E-state index is 11.2. The summed E-state index contributed by atoms with van der Waals surface area (Å²) in [6.07, 6.45) is 0. The number of nitrogens with two attached hydrogens (primary N) is 2. The molecule has 0 aliphatic rings. The summed E-state index contributed by atoms with van der Waals surface area (Å²) in [5.74, 6) is 1.43. The SMILES string of the molecule is NP(N)(=O)Nc1ccc(Oc2ccccc2)cc1. The molecule has 0 aliphatic carbocycles. The minimum atomic E-state index is -3.26. The Morgan fingerprint density at radius 1 is 0.889 bits per heavy atom. The lowest BCUT2D eigenvalue weighted by Gasteiger charge is -2.11. The Morgan fingerprint density at radius 2 is 1.44 bits per heavy atom. The Hall–Kier alpha value is -1.81. The first-order valence-corrected chi connectivity index (χ1v) is 7.16. The molecule has 5 nitrogen and oxygen atoms in total. The molecule has 6 heteroatoms. The Balaban J connectivity index is 2.06. The van der Waals surface area contributed by atoms with Gasteiger partial charge in [-0.05, 0) is 36.4 Å². The van der Waals surface area contributed by atoms with Gasteiger partial charge in [-0.15, -0.1) is 0 Å². The highest BCUT2D eigenvalue weighted by Crippen LogP contribution is 2.29. The van der Waals surface area contributed by atoms with Gasteiger partial charge in [0.15, 0.2) is 0 Å². The van der Waals surface area contributed by atoms with Crippen LogP contribution in [0.1, 0.15) is 0 Å². The molecule has 0 saturated carbocycles. The van der Waals surface area contributed by atoms with E-state index in [4.69, 9.17) is 15.7 Å². The number of ether oxygens (including phenoxy) is 1. The summed E-state index contributed by atoms with van der Waals surface area (Å²) >= 11 is 0. The summed E-state index contributed by atoms with van der Waals surface area (Å²) < 4.78 is 16.8. The number of nitrogens with one attached hydrogen (secondary N) is 1. The van der Waals surface area contributed by atoms with Crippen LogP contribution in [0.4, 0.5) is 5.69 Å². The van der Waals surface area contributed by atoms with Gasteiger partial charge in [0.05, 0.1) is 0 Å². The fourth-order valence-corrected chi connectivity index (χ4v) is 1.98. The quantitative estimate of drug-likeness (QED) is 0.738. The van der Waals surface area contributed by atoms with Crippen molar-refractivity contribution in [1.29, 1.82) is 0 Å². The van der Waals surface area contributed by atoms with Crippen LogP contribution in [0.5, 0.6) is 11.5 Å². The summed E-state index contributed by atoms with van der Waals surface area (Å²) in [5, 5.41) is 2.53. The first kappa shape index (κ1) is 12.6. The molecule has 0 aromatic heterocycles. The van der Waals surface area contributed by atoms with Crippen LogP contribution >= 0.6 is 7.59 Å². The third-order valence-electron chi connectivity index (χ3n) is 2.14. The molecule has 2 rings (SSSR count). The third-order valence-corrected chi connectivity index (χ3v) is 2.74. The number of hydrogen-bond donors (Lipinski definition) is 3. The number of benzene rings is 2. The Bertz CT molecular complexity index is 551. The van der Waals surface area contributed by atoms with Crippen LogP contribution in [0.2, 0.25) is 0 Å². The van der Waals surface area contributed by atoms with Crippen LogP contribution in [0.15, 0.2) is 54.6 Å². The van der Waals surface area contributed by atoms with Crippen molar-refractivity contribution in [2.75, 3.05) is 5.09 Å². The lowest BCUT2D eigenvalue weighted by molar-refractivity contribution is 0.483. The molecular formula is C12H14N3O2P. The van der Waals surface area contributed by atoms with Crippen LogP contribution in [-0.4, -0.2) is 0 Å². The lowest BCUT2D eigenvalue weighted by atomic mass is 10.3. The van der Waals surface area contributed by atoms with E-state index in [0.29, 0.717) is 11.4 Å². The van der Waals surface area contributed by atoms with E-state index in [1.165, 1.54) is 0 Å². The second kappa shape index (κ2) is 5.23. The normalized spacial score (nSPS) is 11.0. The van der Waals surface area contributed by atoms with E-state index >= 15 is 0 Å². The minimum Gasteiger partial charge on any atom is -0.457 e. The van der Waals surface area contributed by atoms with E-state index in [1.807, 2.05) is 30.3 Å². The number of rotatable bonds is 4. The van der Waals surface area contributed by atoms with Gasteiger partial charge in [0.1, 0.15) is 11.5 Å². The average molecular weight is 263 g/mol. The topological polar surface area (TPSA) is 90.4 Å². The smallest absolute Gasteiger partial charge is 0.298 e. The molecule has 0 bridgehead atoms. The zero-order valence-electron chi connectivity index (χ0n) is 9.61. The molecular weight excluding hydrogens is 249 g/mol. The highest BCUT2D eigenvalue weighted by atomic mass is 31.2. The molecule has 0 unspecified atom stereocenters. The lowest BCUT2D eigenvalue weighted by Crippen LogP contribution is -2.12. The van der Waals surface area contributed by atoms with Crippen molar-refractivity contribution in [3.8, 4) is 11.5 Å². The van der Waals surface area contributed by atoms with Crippen LogP contribution in [0.3, 0.4) is 0 Å². The molecule has 0 aliphatic heterocycles. The Morgan fingerprint density at radius 3 is 2.00 bits per heavy atom. The minimum absolute atomic E-state index is 0.587. The third kappa shape index (κ3) is 3.89. The molecule has 0 fully saturated rings. The number of hydrogen-bond acceptors (Lipinski definition) is 2. The molecule has 0 atom stereocenters. The molecule has 0 amide bonds. The van der Waals surface area contributed by atoms with Gasteiger partial charge in [-0.1, -0.05) is 18.2 Å². The van der Waals surface area contributed by atoms with E-state index < -0.39 is 7.59 Å². The zero-order chi connectivity index (χ0) is 13.0. The molecule has 2 aromatic carbocycles. The number of anilines is 1. The van der Waals surface area contributed by atoms with E-state index in [1.54, 1.807) is 24.3 Å². The first-order chi connectivity index (χ1) is 8.53. The molecule has 0 heterocycles. The molecule has 0 radical (unpaired) electrons. The van der Waals surface area contributed by atoms with E-state index in [-0.39, 0.29) is 0 Å². The van der Waals surface area contributed by atoms with Crippen molar-refractivity contribution in [2.45, 2.75) is 0 Å². The van der Waals surface area contributed by atoms with Gasteiger partial charge >= 0.3 is 0 Å². The highest BCUT2D eigenvalue weighted by Gasteiger charge is 2.07. The molecule has 2 aromatic rings. The zero-order valence-corrected chi connectivity index (χ0v) is 10.5. The van der Waals surface area contributed by atoms with Crippen molar-refractivity contribution < 1.29 is 9.30 Å². The summed E-state index contributed by atoms with van der Waals surface area (Å²) in [6, 6.07) is 16.3. The van der Waals surface area contributed by atoms with Gasteiger partial charge < -0.3 is 9.82 Å². The maximum atomic E-state index is 11.2. The molecule has 0 saturated heterocycles. The second-order valence-electron chi connectivity index (χ2n) is 3.76. The molecule has 18 heavy (non-hydrogen) atoms. The molecule has 94 valence electrons.